The molecule has 2 aromatic rings. The quantitative estimate of drug-likeness (QED) is 0.591. The van der Waals surface area contributed by atoms with Crippen molar-refractivity contribution < 1.29 is 23.8 Å². The van der Waals surface area contributed by atoms with Gasteiger partial charge in [0.05, 0.1) is 6.61 Å². The van der Waals surface area contributed by atoms with Crippen LogP contribution in [-0.4, -0.2) is 44.8 Å². The highest BCUT2D eigenvalue weighted by molar-refractivity contribution is 5.91. The van der Waals surface area contributed by atoms with Gasteiger partial charge in [-0.15, -0.1) is 0 Å². The highest BCUT2D eigenvalue weighted by atomic mass is 16.5. The molecule has 27 heavy (non-hydrogen) atoms. The summed E-state index contributed by atoms with van der Waals surface area (Å²) >= 11 is 0. The second kappa shape index (κ2) is 11.5. The van der Waals surface area contributed by atoms with E-state index in [1.54, 1.807) is 24.3 Å². The van der Waals surface area contributed by atoms with Gasteiger partial charge in [0.1, 0.15) is 24.7 Å². The molecule has 7 nitrogen and oxygen atoms in total. The Kier molecular flexibility index (Phi) is 8.65. The van der Waals surface area contributed by atoms with Crippen LogP contribution in [0, 0.1) is 0 Å². The third-order valence-corrected chi connectivity index (χ3v) is 3.35. The van der Waals surface area contributed by atoms with E-state index in [2.05, 4.69) is 10.6 Å². The number of ether oxygens (including phenoxy) is 3. The number of hydrogen-bond donors (Lipinski definition) is 2. The third-order valence-electron chi connectivity index (χ3n) is 3.35. The summed E-state index contributed by atoms with van der Waals surface area (Å²) in [6.45, 7) is 2.99. The predicted octanol–water partition coefficient (Wildman–Crippen LogP) is 2.24. The van der Waals surface area contributed by atoms with E-state index in [1.165, 1.54) is 0 Å². The van der Waals surface area contributed by atoms with Gasteiger partial charge in [0, 0.05) is 12.2 Å². The molecule has 0 saturated carbocycles. The van der Waals surface area contributed by atoms with Crippen LogP contribution in [0.5, 0.6) is 11.5 Å². The van der Waals surface area contributed by atoms with E-state index < -0.39 is 0 Å². The van der Waals surface area contributed by atoms with Crippen LogP contribution in [0.25, 0.3) is 0 Å². The fourth-order valence-electron chi connectivity index (χ4n) is 2.13. The Labute approximate surface area is 158 Å². The molecule has 2 N–H and O–H groups in total. The van der Waals surface area contributed by atoms with Crippen LogP contribution in [-0.2, 0) is 14.3 Å². The van der Waals surface area contributed by atoms with Crippen LogP contribution in [0.15, 0.2) is 54.6 Å². The normalized spacial score (nSPS) is 10.1. The van der Waals surface area contributed by atoms with Crippen molar-refractivity contribution in [3.8, 4) is 11.5 Å². The second-order valence-corrected chi connectivity index (χ2v) is 5.53. The fraction of sp³-hybridized carbons (Fsp3) is 0.300. The zero-order valence-electron chi connectivity index (χ0n) is 15.3. The number of nitrogens with one attached hydrogen (secondary N) is 2. The van der Waals surface area contributed by atoms with E-state index >= 15 is 0 Å². The van der Waals surface area contributed by atoms with Gasteiger partial charge in [0.2, 0.25) is 5.91 Å². The van der Waals surface area contributed by atoms with Crippen LogP contribution in [0.2, 0.25) is 0 Å². The molecule has 0 bridgehead atoms. The number of likely N-dealkylation sites (N-methyl/N-ethyl adjacent to an activating group) is 1. The fourth-order valence-corrected chi connectivity index (χ4v) is 2.13. The van der Waals surface area contributed by atoms with Gasteiger partial charge < -0.3 is 24.8 Å². The van der Waals surface area contributed by atoms with Gasteiger partial charge in [0.25, 0.3) is 5.91 Å². The molecule has 2 aromatic carbocycles. The Hall–Kier alpha value is -3.06. The van der Waals surface area contributed by atoms with Crippen molar-refractivity contribution in [1.82, 2.24) is 5.32 Å². The number of anilines is 1. The molecule has 2 amide bonds. The number of amides is 2. The highest BCUT2D eigenvalue weighted by Crippen LogP contribution is 2.15. The Morgan fingerprint density at radius 2 is 1.52 bits per heavy atom. The number of hydrogen-bond acceptors (Lipinski definition) is 5. The summed E-state index contributed by atoms with van der Waals surface area (Å²) in [5.41, 5.74) is 0.620. The van der Waals surface area contributed by atoms with E-state index in [-0.39, 0.29) is 25.0 Å². The van der Waals surface area contributed by atoms with Gasteiger partial charge in [-0.25, -0.2) is 0 Å². The van der Waals surface area contributed by atoms with E-state index in [9.17, 15) is 9.59 Å². The molecule has 0 aromatic heterocycles. The van der Waals surface area contributed by atoms with Crippen molar-refractivity contribution in [2.24, 2.45) is 0 Å². The largest absolute Gasteiger partial charge is 0.491 e. The van der Waals surface area contributed by atoms with Crippen LogP contribution >= 0.6 is 0 Å². The molecule has 7 heteroatoms. The zero-order chi connectivity index (χ0) is 19.3. The topological polar surface area (TPSA) is 85.9 Å². The lowest BCUT2D eigenvalue weighted by Crippen LogP contribution is -2.28. The lowest BCUT2D eigenvalue weighted by Gasteiger charge is -2.09. The first-order chi connectivity index (χ1) is 13.2. The average Bonchev–Trinajstić information content (AvgIpc) is 2.68. The third kappa shape index (κ3) is 8.24. The Morgan fingerprint density at radius 3 is 2.22 bits per heavy atom. The van der Waals surface area contributed by atoms with Crippen LogP contribution in [0.3, 0.4) is 0 Å². The summed E-state index contributed by atoms with van der Waals surface area (Å²) in [7, 11) is 0. The maximum Gasteiger partial charge on any atom is 0.257 e. The van der Waals surface area contributed by atoms with Crippen molar-refractivity contribution in [3.05, 3.63) is 54.6 Å². The first kappa shape index (κ1) is 20.3. The molecule has 144 valence electrons. The molecule has 0 fully saturated rings. The SMILES string of the molecule is CCNC(=O)COc1ccc(NC(=O)COCCOc2ccccc2)cc1. The smallest absolute Gasteiger partial charge is 0.257 e. The molecule has 0 spiro atoms. The number of carbonyl (C=O) groups is 2. The first-order valence-corrected chi connectivity index (χ1v) is 8.72. The van der Waals surface area contributed by atoms with Gasteiger partial charge in [-0.1, -0.05) is 18.2 Å². The van der Waals surface area contributed by atoms with Crippen molar-refractivity contribution in [2.75, 3.05) is 38.3 Å². The summed E-state index contributed by atoms with van der Waals surface area (Å²) < 4.78 is 16.1. The minimum atomic E-state index is -0.259. The summed E-state index contributed by atoms with van der Waals surface area (Å²) in [5.74, 6) is 0.877. The molecule has 2 rings (SSSR count). The molecule has 0 aliphatic heterocycles. The standard InChI is InChI=1S/C20H24N2O5/c1-2-21-19(23)15-27-18-10-8-16(9-11-18)22-20(24)14-25-12-13-26-17-6-4-3-5-7-17/h3-11H,2,12-15H2,1H3,(H,21,23)(H,22,24). The minimum absolute atomic E-state index is 0.0432. The van der Waals surface area contributed by atoms with E-state index in [1.807, 2.05) is 37.3 Å². The lowest BCUT2D eigenvalue weighted by molar-refractivity contribution is -0.123. The van der Waals surface area contributed by atoms with Crippen molar-refractivity contribution in [3.63, 3.8) is 0 Å². The Balaban J connectivity index is 1.61. The van der Waals surface area contributed by atoms with Crippen LogP contribution in [0.4, 0.5) is 5.69 Å². The highest BCUT2D eigenvalue weighted by Gasteiger charge is 2.04. The minimum Gasteiger partial charge on any atom is -0.491 e. The van der Waals surface area contributed by atoms with Crippen LogP contribution < -0.4 is 20.1 Å². The molecule has 0 saturated heterocycles. The molecule has 0 heterocycles. The molecule has 0 radical (unpaired) electrons. The van der Waals surface area contributed by atoms with Crippen molar-refractivity contribution >= 4 is 17.5 Å². The van der Waals surface area contributed by atoms with Gasteiger partial charge >= 0.3 is 0 Å². The number of para-hydroxylation sites is 1. The van der Waals surface area contributed by atoms with Gasteiger partial charge in [-0.05, 0) is 43.3 Å². The van der Waals surface area contributed by atoms with Gasteiger partial charge in [-0.2, -0.15) is 0 Å². The first-order valence-electron chi connectivity index (χ1n) is 8.72. The van der Waals surface area contributed by atoms with Crippen LogP contribution in [0.1, 0.15) is 6.92 Å². The second-order valence-electron chi connectivity index (χ2n) is 5.53. The van der Waals surface area contributed by atoms with Crippen molar-refractivity contribution in [1.29, 1.82) is 0 Å². The maximum absolute atomic E-state index is 11.9. The van der Waals surface area contributed by atoms with E-state index in [4.69, 9.17) is 14.2 Å². The Bertz CT molecular complexity index is 704. The summed E-state index contributed by atoms with van der Waals surface area (Å²) in [6, 6.07) is 16.2. The Morgan fingerprint density at radius 1 is 0.815 bits per heavy atom. The van der Waals surface area contributed by atoms with E-state index in [0.717, 1.165) is 5.75 Å². The zero-order valence-corrected chi connectivity index (χ0v) is 15.3. The monoisotopic (exact) mass is 372 g/mol. The predicted molar refractivity (Wildman–Crippen MR) is 102 cm³/mol. The number of rotatable bonds is 11. The molecule has 0 aliphatic rings. The van der Waals surface area contributed by atoms with E-state index in [0.29, 0.717) is 31.2 Å². The lowest BCUT2D eigenvalue weighted by atomic mass is 10.3. The number of benzene rings is 2. The van der Waals surface area contributed by atoms with Crippen molar-refractivity contribution in [2.45, 2.75) is 6.92 Å². The summed E-state index contributed by atoms with van der Waals surface area (Å²) in [6.07, 6.45) is 0. The van der Waals surface area contributed by atoms with Gasteiger partial charge in [0.15, 0.2) is 6.61 Å². The molecular formula is C20H24N2O5. The summed E-state index contributed by atoms with van der Waals surface area (Å²) in [5, 5.41) is 5.37. The average molecular weight is 372 g/mol. The molecule has 0 unspecified atom stereocenters. The number of carbonyl (C=O) groups excluding carboxylic acids is 2. The molecule has 0 aliphatic carbocycles. The maximum atomic E-state index is 11.9. The van der Waals surface area contributed by atoms with Gasteiger partial charge in [-0.3, -0.25) is 9.59 Å². The summed E-state index contributed by atoms with van der Waals surface area (Å²) in [4.78, 5) is 23.2. The molecule has 0 atom stereocenters. The molecular weight excluding hydrogens is 348 g/mol.